The van der Waals surface area contributed by atoms with Gasteiger partial charge in [-0.3, -0.25) is 41.3 Å². The average molecular weight is 1380 g/mol. The number of hydrogen-bond donors (Lipinski definition) is 9. The molecule has 0 radical (unpaired) electrons. The Labute approximate surface area is 511 Å². The van der Waals surface area contributed by atoms with Gasteiger partial charge in [0.15, 0.2) is 11.3 Å². The number of pyridine rings is 1. The molecule has 0 aliphatic carbocycles. The van der Waals surface area contributed by atoms with Crippen LogP contribution >= 0.6 is 23.1 Å². The van der Waals surface area contributed by atoms with E-state index in [9.17, 15) is 97.8 Å². The van der Waals surface area contributed by atoms with Crippen LogP contribution in [0.15, 0.2) is 110 Å². The maximum absolute atomic E-state index is 12.7. The number of aromatic hydroxyl groups is 1. The highest BCUT2D eigenvalue weighted by molar-refractivity contribution is 7.99. The lowest BCUT2D eigenvalue weighted by atomic mass is 10.1. The van der Waals surface area contributed by atoms with Crippen LogP contribution in [0.3, 0.4) is 0 Å². The van der Waals surface area contributed by atoms with Crippen molar-refractivity contribution >= 4 is 178 Å². The Balaban J connectivity index is 1.25. The second-order valence-electron chi connectivity index (χ2n) is 18.7. The SMILES string of the molecule is CC(=O)Nc1cc(S(=O)(=O)O)c2c(c1)nc1c(C#N)c(C)c(N=Nc3cc(C)c(N=Nc4cc(NC(C)=O)c(N=Nc5nc6c(S(=O)(=O)O)cc7c(S(=O)(=O)O)cc(S(=O)(=O)O)cc7c6s5)cc4SCCCS(=O)(=O)O)cc3OCCCS(=O)(=O)O)c(O)n12. The monoisotopic (exact) mass is 1380 g/mol. The number of carbonyl (C=O) groups is 2. The van der Waals surface area contributed by atoms with Crippen LogP contribution in [0.1, 0.15) is 43.4 Å². The fourth-order valence-electron chi connectivity index (χ4n) is 8.47. The molecule has 89 heavy (non-hydrogen) atoms. The summed E-state index contributed by atoms with van der Waals surface area (Å²) in [5.74, 6) is -3.85. The summed E-state index contributed by atoms with van der Waals surface area (Å²) in [6.07, 6.45) is -0.443. The molecule has 42 heteroatoms. The molecule has 2 amide bonds. The number of ether oxygens (including phenoxy) is 1. The Morgan fingerprint density at radius 3 is 1.89 bits per heavy atom. The van der Waals surface area contributed by atoms with Gasteiger partial charge in [-0.05, 0) is 86.5 Å². The Morgan fingerprint density at radius 1 is 0.663 bits per heavy atom. The van der Waals surface area contributed by atoms with Crippen LogP contribution in [0, 0.1) is 25.2 Å². The Bertz CT molecular complexity index is 5220. The second-order valence-corrected chi connectivity index (χ2v) is 29.6. The molecule has 0 bridgehead atoms. The van der Waals surface area contributed by atoms with E-state index in [4.69, 9.17) is 4.74 Å². The lowest BCUT2D eigenvalue weighted by Gasteiger charge is -2.13. The molecule has 9 N–H and O–H groups in total. The predicted molar refractivity (Wildman–Crippen MR) is 317 cm³/mol. The first-order chi connectivity index (χ1) is 41.2. The highest BCUT2D eigenvalue weighted by Gasteiger charge is 2.30. The summed E-state index contributed by atoms with van der Waals surface area (Å²) in [6, 6.07) is 10.8. The van der Waals surface area contributed by atoms with Gasteiger partial charge in [0.25, 0.3) is 60.7 Å². The van der Waals surface area contributed by atoms with Gasteiger partial charge in [-0.2, -0.15) is 60.9 Å². The Kier molecular flexibility index (Phi) is 18.8. The van der Waals surface area contributed by atoms with Gasteiger partial charge in [0.2, 0.25) is 22.8 Å². The summed E-state index contributed by atoms with van der Waals surface area (Å²) >= 11 is 1.38. The number of thioether (sulfide) groups is 1. The maximum atomic E-state index is 12.7. The van der Waals surface area contributed by atoms with Crippen molar-refractivity contribution in [3.05, 3.63) is 71.3 Å². The molecule has 3 aromatic heterocycles. The van der Waals surface area contributed by atoms with Gasteiger partial charge in [-0.15, -0.1) is 37.3 Å². The van der Waals surface area contributed by atoms with Crippen molar-refractivity contribution in [1.29, 1.82) is 5.26 Å². The number of imidazole rings is 1. The first kappa shape index (κ1) is 66.8. The van der Waals surface area contributed by atoms with Gasteiger partial charge in [0, 0.05) is 46.8 Å². The zero-order chi connectivity index (χ0) is 65.7. The van der Waals surface area contributed by atoms with Crippen LogP contribution < -0.4 is 15.4 Å². The Hall–Kier alpha value is -8.16. The minimum absolute atomic E-state index is 0.00518. The molecular formula is C47H42N12O22S8. The molecule has 5 aromatic carbocycles. The van der Waals surface area contributed by atoms with Crippen LogP contribution in [-0.2, 0) is 70.3 Å². The fraction of sp³-hybridized carbons (Fsp3) is 0.213. The third-order valence-electron chi connectivity index (χ3n) is 12.2. The second kappa shape index (κ2) is 25.0. The smallest absolute Gasteiger partial charge is 0.296 e. The normalized spacial score (nSPS) is 13.0. The van der Waals surface area contributed by atoms with Gasteiger partial charge in [-0.1, -0.05) is 11.3 Å². The minimum atomic E-state index is -5.37. The topological polar surface area (TPSA) is 542 Å². The third kappa shape index (κ3) is 15.5. The number of fused-ring (bicyclic) bond motifs is 6. The molecular weight excluding hydrogens is 1340 g/mol. The molecule has 0 unspecified atom stereocenters. The quantitative estimate of drug-likeness (QED) is 0.0133. The van der Waals surface area contributed by atoms with E-state index in [1.54, 1.807) is 0 Å². The molecule has 0 atom stereocenters. The number of aromatic nitrogens is 3. The van der Waals surface area contributed by atoms with E-state index in [2.05, 4.69) is 51.3 Å². The number of amides is 2. The van der Waals surface area contributed by atoms with Crippen LogP contribution in [0.25, 0.3) is 37.7 Å². The number of thiazole rings is 1. The molecule has 0 aliphatic heterocycles. The Morgan fingerprint density at radius 2 is 1.28 bits per heavy atom. The zero-order valence-corrected chi connectivity index (χ0v) is 52.0. The number of nitrogens with zero attached hydrogens (tertiary/aromatic N) is 10. The molecule has 3 heterocycles. The van der Waals surface area contributed by atoms with E-state index in [1.165, 1.54) is 44.2 Å². The number of anilines is 2. The van der Waals surface area contributed by atoms with Crippen LogP contribution in [0.2, 0.25) is 0 Å². The molecule has 470 valence electrons. The fourth-order valence-corrected chi connectivity index (χ4v) is 14.3. The first-order valence-electron chi connectivity index (χ1n) is 24.4. The molecule has 0 saturated heterocycles. The summed E-state index contributed by atoms with van der Waals surface area (Å²) in [7, 11) is -29.9. The van der Waals surface area contributed by atoms with E-state index in [0.29, 0.717) is 23.5 Å². The number of nitriles is 1. The van der Waals surface area contributed by atoms with Crippen molar-refractivity contribution in [2.45, 2.75) is 65.0 Å². The molecule has 8 rings (SSSR count). The summed E-state index contributed by atoms with van der Waals surface area (Å²) in [5.41, 5.74) is -2.72. The maximum Gasteiger partial charge on any atom is 0.296 e. The van der Waals surface area contributed by atoms with Crippen molar-refractivity contribution in [2.24, 2.45) is 30.7 Å². The number of carbonyl (C=O) groups excluding carboxylic acids is 2. The van der Waals surface area contributed by atoms with Gasteiger partial charge >= 0.3 is 0 Å². The van der Waals surface area contributed by atoms with E-state index in [-0.39, 0.29) is 95.9 Å². The molecule has 0 spiro atoms. The number of nitrogens with one attached hydrogen (secondary N) is 2. The highest BCUT2D eigenvalue weighted by Crippen LogP contribution is 2.46. The third-order valence-corrected chi connectivity index (χ3v) is 19.4. The first-order valence-corrected chi connectivity index (χ1v) is 35.2. The van der Waals surface area contributed by atoms with Crippen molar-refractivity contribution in [1.82, 2.24) is 14.4 Å². The summed E-state index contributed by atoms with van der Waals surface area (Å²) < 4.78 is 212. The summed E-state index contributed by atoms with van der Waals surface area (Å²) in [6.45, 7) is 4.68. The molecule has 8 aromatic rings. The molecule has 0 fully saturated rings. The average Bonchev–Trinajstić information content (AvgIpc) is 1.67. The number of hydrogen-bond acceptors (Lipinski definition) is 27. The summed E-state index contributed by atoms with van der Waals surface area (Å²) in [4.78, 5) is 29.0. The van der Waals surface area contributed by atoms with Crippen LogP contribution in [-0.4, -0.2) is 133 Å². The molecule has 0 saturated carbocycles. The van der Waals surface area contributed by atoms with Gasteiger partial charge < -0.3 is 20.5 Å². The number of azo groups is 3. The van der Waals surface area contributed by atoms with Crippen molar-refractivity contribution in [3.8, 4) is 17.7 Å². The predicted octanol–water partition coefficient (Wildman–Crippen LogP) is 8.62. The minimum Gasteiger partial charge on any atom is -0.493 e. The lowest BCUT2D eigenvalue weighted by molar-refractivity contribution is -0.115. The van der Waals surface area contributed by atoms with Gasteiger partial charge in [0.05, 0.1) is 50.1 Å². The van der Waals surface area contributed by atoms with Gasteiger partial charge in [0.1, 0.15) is 54.6 Å². The lowest BCUT2D eigenvalue weighted by Crippen LogP contribution is -2.08. The number of aryl methyl sites for hydroxylation is 1. The van der Waals surface area contributed by atoms with E-state index in [0.717, 1.165) is 42.1 Å². The van der Waals surface area contributed by atoms with Gasteiger partial charge in [-0.25, -0.2) is 9.97 Å². The largest absolute Gasteiger partial charge is 0.493 e. The van der Waals surface area contributed by atoms with Crippen LogP contribution in [0.4, 0.5) is 44.9 Å². The van der Waals surface area contributed by atoms with Crippen molar-refractivity contribution in [2.75, 3.05) is 34.5 Å². The van der Waals surface area contributed by atoms with E-state index in [1.807, 2.05) is 6.07 Å². The number of benzene rings is 5. The van der Waals surface area contributed by atoms with Crippen molar-refractivity contribution in [3.63, 3.8) is 0 Å². The number of rotatable bonds is 22. The standard InChI is InChI=1S/C47H42N12O22S8/c1-21-11-33(55-57-41-22(2)29(20-48)45-51-35-12-25(49-23(3)60)13-40(89(78,79)80)43(35)59(45)46(41)62)36(81-7-5-9-84(63,64)65)18-30(21)53-56-34-17-31(50-24(4)61)32(19-37(34)82-8-6-10-85(66,67)68)54-58-47-52-42-39(88(75,76)77)16-27-28(44(42)83-47)14-26(86(69,70)71)15-38(27)87(72,73)74/h11-19,62H,5-10H2,1-4H3,(H,49,60)(H,50,61)(H,63,64,65)(H,66,67,68)(H,69,70,71)(H,72,73,74)(H,75,76,77)(H,78,79,80). The van der Waals surface area contributed by atoms with Crippen LogP contribution in [0.5, 0.6) is 11.6 Å². The molecule has 0 aliphatic rings. The highest BCUT2D eigenvalue weighted by atomic mass is 32.2. The zero-order valence-electron chi connectivity index (χ0n) is 45.4. The van der Waals surface area contributed by atoms with E-state index >= 15 is 0 Å². The molecule has 34 nitrogen and oxygen atoms in total. The van der Waals surface area contributed by atoms with Crippen molar-refractivity contribution < 1.29 is 97.3 Å². The van der Waals surface area contributed by atoms with E-state index < -0.39 is 149 Å². The summed E-state index contributed by atoms with van der Waals surface area (Å²) in [5, 5.41) is 50.9.